The van der Waals surface area contributed by atoms with Crippen molar-refractivity contribution < 1.29 is 9.53 Å². The summed E-state index contributed by atoms with van der Waals surface area (Å²) in [6.07, 6.45) is 0.926. The van der Waals surface area contributed by atoms with Crippen molar-refractivity contribution in [3.05, 3.63) is 100 Å². The molecular formula is C29H32N4O3. The van der Waals surface area contributed by atoms with E-state index in [0.29, 0.717) is 41.3 Å². The van der Waals surface area contributed by atoms with E-state index in [1.807, 2.05) is 80.6 Å². The van der Waals surface area contributed by atoms with E-state index in [0.717, 1.165) is 12.0 Å². The number of nitrogens with zero attached hydrogens (tertiary/aromatic N) is 3. The molecule has 1 unspecified atom stereocenters. The van der Waals surface area contributed by atoms with Gasteiger partial charge in [0.1, 0.15) is 5.82 Å². The van der Waals surface area contributed by atoms with Gasteiger partial charge in [0.15, 0.2) is 0 Å². The molecule has 0 radical (unpaired) electrons. The molecule has 186 valence electrons. The summed E-state index contributed by atoms with van der Waals surface area (Å²) in [6.45, 7) is 6.64. The number of hydrogen-bond donors (Lipinski definition) is 1. The van der Waals surface area contributed by atoms with E-state index in [4.69, 9.17) is 9.72 Å². The summed E-state index contributed by atoms with van der Waals surface area (Å²) in [5.74, 6) is 0.482. The van der Waals surface area contributed by atoms with E-state index in [-0.39, 0.29) is 11.6 Å². The average Bonchev–Trinajstić information content (AvgIpc) is 2.90. The Balaban J connectivity index is 1.78. The largest absolute Gasteiger partial charge is 0.383 e. The SMILES string of the molecule is CCc1ccc(NC(=O)N(CCOC)C(C)c2nc3ccccc3c(=O)n2-c2ccc(C)cc2)cc1. The molecule has 1 aromatic heterocycles. The first-order valence-corrected chi connectivity index (χ1v) is 12.2. The minimum absolute atomic E-state index is 0.173. The highest BCUT2D eigenvalue weighted by Gasteiger charge is 2.27. The highest BCUT2D eigenvalue weighted by Crippen LogP contribution is 2.24. The number of carbonyl (C=O) groups is 1. The quantitative estimate of drug-likeness (QED) is 0.358. The van der Waals surface area contributed by atoms with Gasteiger partial charge in [-0.05, 0) is 62.2 Å². The van der Waals surface area contributed by atoms with Gasteiger partial charge in [0, 0.05) is 19.3 Å². The number of aryl methyl sites for hydroxylation is 2. The number of hydrogen-bond acceptors (Lipinski definition) is 4. The summed E-state index contributed by atoms with van der Waals surface area (Å²) in [4.78, 5) is 33.7. The van der Waals surface area contributed by atoms with Gasteiger partial charge < -0.3 is 15.0 Å². The Bertz CT molecular complexity index is 1400. The van der Waals surface area contributed by atoms with Crippen LogP contribution in [0.5, 0.6) is 0 Å². The van der Waals surface area contributed by atoms with Gasteiger partial charge in [0.2, 0.25) is 0 Å². The van der Waals surface area contributed by atoms with Crippen LogP contribution >= 0.6 is 0 Å². The molecule has 4 rings (SSSR count). The van der Waals surface area contributed by atoms with Crippen molar-refractivity contribution in [1.29, 1.82) is 0 Å². The number of aromatic nitrogens is 2. The molecule has 2 amide bonds. The second-order valence-corrected chi connectivity index (χ2v) is 8.81. The lowest BCUT2D eigenvalue weighted by Crippen LogP contribution is -2.41. The van der Waals surface area contributed by atoms with E-state index in [2.05, 4.69) is 12.2 Å². The predicted molar refractivity (Wildman–Crippen MR) is 144 cm³/mol. The van der Waals surface area contributed by atoms with E-state index in [9.17, 15) is 9.59 Å². The normalized spacial score (nSPS) is 11.9. The van der Waals surface area contributed by atoms with Crippen molar-refractivity contribution in [2.45, 2.75) is 33.2 Å². The van der Waals surface area contributed by atoms with Crippen molar-refractivity contribution in [3.8, 4) is 5.69 Å². The fourth-order valence-corrected chi connectivity index (χ4v) is 4.19. The molecule has 0 aliphatic carbocycles. The molecule has 7 nitrogen and oxygen atoms in total. The first-order chi connectivity index (χ1) is 17.4. The second kappa shape index (κ2) is 11.2. The molecular weight excluding hydrogens is 452 g/mol. The third kappa shape index (κ3) is 5.31. The first kappa shape index (κ1) is 25.1. The van der Waals surface area contributed by atoms with Gasteiger partial charge in [-0.3, -0.25) is 9.36 Å². The number of carbonyl (C=O) groups excluding carboxylic acids is 1. The van der Waals surface area contributed by atoms with Crippen LogP contribution in [0.2, 0.25) is 0 Å². The van der Waals surface area contributed by atoms with Crippen molar-refractivity contribution >= 4 is 22.6 Å². The number of nitrogens with one attached hydrogen (secondary N) is 1. The third-order valence-electron chi connectivity index (χ3n) is 6.35. The van der Waals surface area contributed by atoms with Gasteiger partial charge in [-0.2, -0.15) is 0 Å². The standard InChI is InChI=1S/C29H32N4O3/c1-5-22-12-14-23(15-13-22)30-29(35)32(18-19-36-4)21(3)27-31-26-9-7-6-8-25(26)28(34)33(27)24-16-10-20(2)11-17-24/h6-17,21H,5,18-19H2,1-4H3,(H,30,35). The number of ether oxygens (including phenoxy) is 1. The Kier molecular flexibility index (Phi) is 7.80. The van der Waals surface area contributed by atoms with Crippen LogP contribution in [-0.4, -0.2) is 40.7 Å². The molecule has 0 fully saturated rings. The number of anilines is 1. The fourth-order valence-electron chi connectivity index (χ4n) is 4.19. The van der Waals surface area contributed by atoms with E-state index < -0.39 is 6.04 Å². The second-order valence-electron chi connectivity index (χ2n) is 8.81. The molecule has 0 bridgehead atoms. The van der Waals surface area contributed by atoms with Gasteiger partial charge in [-0.1, -0.05) is 48.9 Å². The summed E-state index contributed by atoms with van der Waals surface area (Å²) >= 11 is 0. The molecule has 0 aliphatic heterocycles. The van der Waals surface area contributed by atoms with E-state index in [1.54, 1.807) is 22.6 Å². The van der Waals surface area contributed by atoms with Gasteiger partial charge in [0.05, 0.1) is 29.2 Å². The van der Waals surface area contributed by atoms with Crippen LogP contribution in [0.3, 0.4) is 0 Å². The zero-order valence-electron chi connectivity index (χ0n) is 21.2. The lowest BCUT2D eigenvalue weighted by Gasteiger charge is -2.30. The minimum Gasteiger partial charge on any atom is -0.383 e. The molecule has 1 atom stereocenters. The van der Waals surface area contributed by atoms with Crippen LogP contribution in [0.25, 0.3) is 16.6 Å². The highest BCUT2D eigenvalue weighted by molar-refractivity contribution is 5.89. The Morgan fingerprint density at radius 1 is 1.06 bits per heavy atom. The van der Waals surface area contributed by atoms with Crippen molar-refractivity contribution in [2.24, 2.45) is 0 Å². The van der Waals surface area contributed by atoms with Crippen LogP contribution in [0.1, 0.15) is 36.8 Å². The number of para-hydroxylation sites is 1. The molecule has 36 heavy (non-hydrogen) atoms. The number of methoxy groups -OCH3 is 1. The van der Waals surface area contributed by atoms with Crippen LogP contribution < -0.4 is 10.9 Å². The molecule has 1 N–H and O–H groups in total. The maximum atomic E-state index is 13.7. The molecule has 0 spiro atoms. The van der Waals surface area contributed by atoms with Gasteiger partial charge >= 0.3 is 6.03 Å². The van der Waals surface area contributed by atoms with Gasteiger partial charge in [0.25, 0.3) is 5.56 Å². The number of rotatable bonds is 8. The van der Waals surface area contributed by atoms with Gasteiger partial charge in [-0.15, -0.1) is 0 Å². The fraction of sp³-hybridized carbons (Fsp3) is 0.276. The minimum atomic E-state index is -0.520. The number of benzene rings is 3. The van der Waals surface area contributed by atoms with E-state index in [1.165, 1.54) is 5.56 Å². The zero-order valence-corrected chi connectivity index (χ0v) is 21.2. The van der Waals surface area contributed by atoms with Crippen LogP contribution in [0.4, 0.5) is 10.5 Å². The summed E-state index contributed by atoms with van der Waals surface area (Å²) in [6, 6.07) is 22.0. The lowest BCUT2D eigenvalue weighted by atomic mass is 10.1. The maximum Gasteiger partial charge on any atom is 0.322 e. The van der Waals surface area contributed by atoms with Crippen LogP contribution in [0.15, 0.2) is 77.6 Å². The zero-order chi connectivity index (χ0) is 25.7. The van der Waals surface area contributed by atoms with Crippen molar-refractivity contribution in [1.82, 2.24) is 14.5 Å². The Morgan fingerprint density at radius 2 is 1.75 bits per heavy atom. The van der Waals surface area contributed by atoms with Crippen molar-refractivity contribution in [3.63, 3.8) is 0 Å². The Hall–Kier alpha value is -3.97. The van der Waals surface area contributed by atoms with Gasteiger partial charge in [-0.25, -0.2) is 9.78 Å². The summed E-state index contributed by atoms with van der Waals surface area (Å²) in [7, 11) is 1.60. The maximum absolute atomic E-state index is 13.7. The molecule has 4 aromatic rings. The summed E-state index contributed by atoms with van der Waals surface area (Å²) in [5, 5.41) is 3.51. The Morgan fingerprint density at radius 3 is 2.42 bits per heavy atom. The molecule has 0 aliphatic rings. The third-order valence-corrected chi connectivity index (χ3v) is 6.35. The smallest absolute Gasteiger partial charge is 0.322 e. The molecule has 3 aromatic carbocycles. The van der Waals surface area contributed by atoms with Crippen LogP contribution in [0, 0.1) is 6.92 Å². The number of urea groups is 1. The molecule has 7 heteroatoms. The lowest BCUT2D eigenvalue weighted by molar-refractivity contribution is 0.137. The molecule has 0 saturated carbocycles. The topological polar surface area (TPSA) is 76.5 Å². The average molecular weight is 485 g/mol. The first-order valence-electron chi connectivity index (χ1n) is 12.2. The summed E-state index contributed by atoms with van der Waals surface area (Å²) < 4.78 is 6.91. The Labute approximate surface area is 211 Å². The monoisotopic (exact) mass is 484 g/mol. The number of amides is 2. The molecule has 1 heterocycles. The molecule has 0 saturated heterocycles. The highest BCUT2D eigenvalue weighted by atomic mass is 16.5. The van der Waals surface area contributed by atoms with E-state index >= 15 is 0 Å². The van der Waals surface area contributed by atoms with Crippen molar-refractivity contribution in [2.75, 3.05) is 25.6 Å². The van der Waals surface area contributed by atoms with Crippen LogP contribution in [-0.2, 0) is 11.2 Å². The predicted octanol–water partition coefficient (Wildman–Crippen LogP) is 5.50. The number of fused-ring (bicyclic) bond motifs is 1. The summed E-state index contributed by atoms with van der Waals surface area (Å²) in [5.41, 5.74) is 4.11.